The van der Waals surface area contributed by atoms with Crippen molar-refractivity contribution >= 4 is 23.1 Å². The highest BCUT2D eigenvalue weighted by Crippen LogP contribution is 2.15. The maximum atomic E-state index is 13.9. The van der Waals surface area contributed by atoms with E-state index in [1.54, 1.807) is 25.3 Å². The van der Waals surface area contributed by atoms with E-state index in [2.05, 4.69) is 25.5 Å². The van der Waals surface area contributed by atoms with Crippen LogP contribution >= 0.6 is 11.6 Å². The molecule has 0 amide bonds. The second kappa shape index (κ2) is 8.55. The van der Waals surface area contributed by atoms with Gasteiger partial charge in [0.25, 0.3) is 0 Å². The summed E-state index contributed by atoms with van der Waals surface area (Å²) in [6.45, 7) is 4.05. The van der Waals surface area contributed by atoms with Crippen LogP contribution in [-0.4, -0.2) is 20.7 Å². The average molecular weight is 386 g/mol. The van der Waals surface area contributed by atoms with Crippen LogP contribution in [0, 0.1) is 12.7 Å². The third-order valence-corrected chi connectivity index (χ3v) is 3.91. The van der Waals surface area contributed by atoms with Gasteiger partial charge in [0.15, 0.2) is 11.6 Å². The summed E-state index contributed by atoms with van der Waals surface area (Å²) in [5.41, 5.74) is 6.06. The molecule has 0 aliphatic carbocycles. The first-order valence-corrected chi connectivity index (χ1v) is 8.52. The molecule has 1 aromatic carbocycles. The van der Waals surface area contributed by atoms with Gasteiger partial charge in [0.2, 0.25) is 0 Å². The Balaban J connectivity index is 1.68. The van der Waals surface area contributed by atoms with Crippen molar-refractivity contribution < 1.29 is 9.13 Å². The predicted molar refractivity (Wildman–Crippen MR) is 103 cm³/mol. The minimum absolute atomic E-state index is 0.0560. The highest BCUT2D eigenvalue weighted by atomic mass is 35.5. The largest absolute Gasteiger partial charge is 0.459 e. The molecule has 0 spiro atoms. The smallest absolute Gasteiger partial charge is 0.318 e. The number of hydrazone groups is 1. The maximum absolute atomic E-state index is 13.9. The van der Waals surface area contributed by atoms with Crippen molar-refractivity contribution in [2.75, 3.05) is 5.43 Å². The molecule has 0 saturated carbocycles. The number of benzene rings is 1. The number of pyridine rings is 1. The standard InChI is InChI=1S/C19H17ClFN5O/c1-12-3-5-14(6-4-12)11-27-19-23-10-16(21)18(24-19)26-25-13(2)15-7-8-17(20)22-9-15/h3-10H,11H2,1-2H3,(H,23,24,26)/b25-13+. The fraction of sp³-hybridized carbons (Fsp3) is 0.158. The number of nitrogens with one attached hydrogen (secondary N) is 1. The van der Waals surface area contributed by atoms with E-state index in [1.165, 1.54) is 0 Å². The molecule has 3 aromatic rings. The van der Waals surface area contributed by atoms with Gasteiger partial charge in [-0.05, 0) is 31.5 Å². The molecule has 0 aliphatic rings. The summed E-state index contributed by atoms with van der Waals surface area (Å²) in [6.07, 6.45) is 2.61. The quantitative estimate of drug-likeness (QED) is 0.387. The molecular weight excluding hydrogens is 369 g/mol. The van der Waals surface area contributed by atoms with Crippen LogP contribution in [0.4, 0.5) is 10.2 Å². The molecule has 27 heavy (non-hydrogen) atoms. The third kappa shape index (κ3) is 5.21. The van der Waals surface area contributed by atoms with Gasteiger partial charge in [-0.3, -0.25) is 5.43 Å². The van der Waals surface area contributed by atoms with Crippen LogP contribution in [0.25, 0.3) is 0 Å². The van der Waals surface area contributed by atoms with E-state index >= 15 is 0 Å². The van der Waals surface area contributed by atoms with Gasteiger partial charge in [-0.1, -0.05) is 41.4 Å². The Labute approximate surface area is 161 Å². The average Bonchev–Trinajstić information content (AvgIpc) is 2.68. The summed E-state index contributed by atoms with van der Waals surface area (Å²) in [5, 5.41) is 4.51. The molecule has 3 rings (SSSR count). The summed E-state index contributed by atoms with van der Waals surface area (Å²) in [7, 11) is 0. The molecule has 138 valence electrons. The Morgan fingerprint density at radius 2 is 1.93 bits per heavy atom. The maximum Gasteiger partial charge on any atom is 0.318 e. The number of anilines is 1. The zero-order valence-corrected chi connectivity index (χ0v) is 15.5. The van der Waals surface area contributed by atoms with Gasteiger partial charge in [-0.25, -0.2) is 14.4 Å². The van der Waals surface area contributed by atoms with Gasteiger partial charge >= 0.3 is 6.01 Å². The van der Waals surface area contributed by atoms with Gasteiger partial charge in [0.1, 0.15) is 11.8 Å². The number of rotatable bonds is 6. The highest BCUT2D eigenvalue weighted by molar-refractivity contribution is 6.29. The number of aromatic nitrogens is 3. The summed E-state index contributed by atoms with van der Waals surface area (Å²) in [5.74, 6) is -0.714. The molecule has 0 radical (unpaired) electrons. The third-order valence-electron chi connectivity index (χ3n) is 3.69. The number of nitrogens with zero attached hydrogens (tertiary/aromatic N) is 4. The van der Waals surface area contributed by atoms with Crippen LogP contribution in [0.3, 0.4) is 0 Å². The summed E-state index contributed by atoms with van der Waals surface area (Å²) >= 11 is 5.76. The normalized spacial score (nSPS) is 11.3. The zero-order valence-electron chi connectivity index (χ0n) is 14.8. The Kier molecular flexibility index (Phi) is 5.93. The second-order valence-electron chi connectivity index (χ2n) is 5.80. The van der Waals surface area contributed by atoms with Crippen LogP contribution in [0.2, 0.25) is 5.15 Å². The second-order valence-corrected chi connectivity index (χ2v) is 6.19. The van der Waals surface area contributed by atoms with Gasteiger partial charge < -0.3 is 4.74 Å². The van der Waals surface area contributed by atoms with E-state index in [4.69, 9.17) is 16.3 Å². The number of halogens is 2. The van der Waals surface area contributed by atoms with Crippen LogP contribution in [0.1, 0.15) is 23.6 Å². The van der Waals surface area contributed by atoms with Crippen molar-refractivity contribution in [3.8, 4) is 6.01 Å². The molecule has 0 unspecified atom stereocenters. The van der Waals surface area contributed by atoms with Crippen LogP contribution in [-0.2, 0) is 6.61 Å². The van der Waals surface area contributed by atoms with Crippen LogP contribution in [0.15, 0.2) is 53.9 Å². The van der Waals surface area contributed by atoms with Gasteiger partial charge in [-0.15, -0.1) is 0 Å². The lowest BCUT2D eigenvalue weighted by atomic mass is 10.2. The van der Waals surface area contributed by atoms with Crippen molar-refractivity contribution in [1.82, 2.24) is 15.0 Å². The van der Waals surface area contributed by atoms with Crippen molar-refractivity contribution in [1.29, 1.82) is 0 Å². The van der Waals surface area contributed by atoms with Crippen molar-refractivity contribution in [3.05, 3.63) is 76.5 Å². The zero-order chi connectivity index (χ0) is 19.2. The SMILES string of the molecule is C/C(=N\Nc1nc(OCc2ccc(C)cc2)ncc1F)c1ccc(Cl)nc1. The fourth-order valence-corrected chi connectivity index (χ4v) is 2.23. The molecule has 6 nitrogen and oxygen atoms in total. The first-order chi connectivity index (χ1) is 13.0. The molecule has 0 atom stereocenters. The van der Waals surface area contributed by atoms with E-state index in [0.717, 1.165) is 22.9 Å². The highest BCUT2D eigenvalue weighted by Gasteiger charge is 2.08. The molecular formula is C19H17ClFN5O. The topological polar surface area (TPSA) is 72.3 Å². The van der Waals surface area contributed by atoms with E-state index < -0.39 is 5.82 Å². The lowest BCUT2D eigenvalue weighted by Crippen LogP contribution is -2.06. The van der Waals surface area contributed by atoms with Crippen LogP contribution < -0.4 is 10.2 Å². The van der Waals surface area contributed by atoms with Gasteiger partial charge in [0, 0.05) is 11.8 Å². The van der Waals surface area contributed by atoms with Crippen molar-refractivity contribution in [2.45, 2.75) is 20.5 Å². The monoisotopic (exact) mass is 385 g/mol. The van der Waals surface area contributed by atoms with Crippen molar-refractivity contribution in [2.24, 2.45) is 5.10 Å². The summed E-state index contributed by atoms with van der Waals surface area (Å²) in [4.78, 5) is 11.8. The predicted octanol–water partition coefficient (Wildman–Crippen LogP) is 4.39. The lowest BCUT2D eigenvalue weighted by Gasteiger charge is -2.07. The van der Waals surface area contributed by atoms with E-state index in [9.17, 15) is 4.39 Å². The first-order valence-electron chi connectivity index (χ1n) is 8.14. The van der Waals surface area contributed by atoms with E-state index in [-0.39, 0.29) is 18.4 Å². The van der Waals surface area contributed by atoms with E-state index in [0.29, 0.717) is 10.9 Å². The molecule has 1 N–H and O–H groups in total. The number of hydrogen-bond donors (Lipinski definition) is 1. The molecule has 0 bridgehead atoms. The lowest BCUT2D eigenvalue weighted by molar-refractivity contribution is 0.280. The number of ether oxygens (including phenoxy) is 1. The molecule has 0 fully saturated rings. The molecule has 2 aromatic heterocycles. The van der Waals surface area contributed by atoms with Gasteiger partial charge in [-0.2, -0.15) is 10.1 Å². The minimum Gasteiger partial charge on any atom is -0.459 e. The number of aryl methyl sites for hydroxylation is 1. The first kappa shape index (κ1) is 18.7. The Morgan fingerprint density at radius 1 is 1.15 bits per heavy atom. The summed E-state index contributed by atoms with van der Waals surface area (Å²) < 4.78 is 19.5. The number of hydrogen-bond acceptors (Lipinski definition) is 6. The summed E-state index contributed by atoms with van der Waals surface area (Å²) in [6, 6.07) is 11.3. The Hall–Kier alpha value is -3.06. The molecule has 0 saturated heterocycles. The Morgan fingerprint density at radius 3 is 2.63 bits per heavy atom. The molecule has 2 heterocycles. The van der Waals surface area contributed by atoms with E-state index in [1.807, 2.05) is 31.2 Å². The van der Waals surface area contributed by atoms with Gasteiger partial charge in [0.05, 0.1) is 11.9 Å². The Bertz CT molecular complexity index is 945. The van der Waals surface area contributed by atoms with Crippen molar-refractivity contribution in [3.63, 3.8) is 0 Å². The molecule has 0 aliphatic heterocycles. The minimum atomic E-state index is -0.636. The fourth-order valence-electron chi connectivity index (χ4n) is 2.12. The molecule has 8 heteroatoms. The van der Waals surface area contributed by atoms with Crippen LogP contribution in [0.5, 0.6) is 6.01 Å².